The smallest absolute Gasteiger partial charge is 0.254 e. The van der Waals surface area contributed by atoms with Gasteiger partial charge in [-0.05, 0) is 46.1 Å². The van der Waals surface area contributed by atoms with Crippen LogP contribution in [-0.2, 0) is 6.54 Å². The van der Waals surface area contributed by atoms with Gasteiger partial charge in [-0.3, -0.25) is 4.79 Å². The van der Waals surface area contributed by atoms with Crippen molar-refractivity contribution >= 4 is 21.8 Å². The summed E-state index contributed by atoms with van der Waals surface area (Å²) in [5, 5.41) is 2.72. The Morgan fingerprint density at radius 1 is 1.21 bits per heavy atom. The van der Waals surface area contributed by atoms with Gasteiger partial charge in [-0.25, -0.2) is 4.39 Å². The summed E-state index contributed by atoms with van der Waals surface area (Å²) in [5.41, 5.74) is 2.16. The maximum Gasteiger partial charge on any atom is 0.254 e. The largest absolute Gasteiger partial charge is 0.348 e. The van der Waals surface area contributed by atoms with Crippen LogP contribution in [0.25, 0.3) is 0 Å². The van der Waals surface area contributed by atoms with Crippen molar-refractivity contribution < 1.29 is 9.18 Å². The number of nitrogens with one attached hydrogen (secondary N) is 1. The molecule has 0 fully saturated rings. The second kappa shape index (κ2) is 5.97. The van der Waals surface area contributed by atoms with Crippen molar-refractivity contribution in [3.05, 3.63) is 69.4 Å². The van der Waals surface area contributed by atoms with Gasteiger partial charge in [-0.1, -0.05) is 30.3 Å². The van der Waals surface area contributed by atoms with Crippen LogP contribution in [0.15, 0.2) is 46.9 Å². The third kappa shape index (κ3) is 3.20. The quantitative estimate of drug-likeness (QED) is 0.914. The number of carbonyl (C=O) groups is 1. The first kappa shape index (κ1) is 13.7. The summed E-state index contributed by atoms with van der Waals surface area (Å²) in [6.45, 7) is 2.36. The van der Waals surface area contributed by atoms with E-state index in [1.165, 1.54) is 6.07 Å². The predicted octanol–water partition coefficient (Wildman–Crippen LogP) is 3.83. The molecule has 0 unspecified atom stereocenters. The van der Waals surface area contributed by atoms with E-state index in [9.17, 15) is 9.18 Å². The Hall–Kier alpha value is -1.68. The zero-order chi connectivity index (χ0) is 13.8. The van der Waals surface area contributed by atoms with E-state index in [0.717, 1.165) is 11.1 Å². The van der Waals surface area contributed by atoms with Crippen LogP contribution in [0.1, 0.15) is 21.5 Å². The van der Waals surface area contributed by atoms with E-state index < -0.39 is 11.7 Å². The lowest BCUT2D eigenvalue weighted by molar-refractivity contribution is 0.0946. The molecular weight excluding hydrogens is 309 g/mol. The van der Waals surface area contributed by atoms with Gasteiger partial charge in [0.15, 0.2) is 0 Å². The molecule has 0 heterocycles. The topological polar surface area (TPSA) is 29.1 Å². The molecule has 0 saturated heterocycles. The summed E-state index contributed by atoms with van der Waals surface area (Å²) >= 11 is 3.07. The van der Waals surface area contributed by atoms with Crippen LogP contribution in [0.4, 0.5) is 4.39 Å². The average molecular weight is 322 g/mol. The van der Waals surface area contributed by atoms with Crippen LogP contribution >= 0.6 is 15.9 Å². The van der Waals surface area contributed by atoms with Crippen LogP contribution in [0, 0.1) is 12.7 Å². The second-order valence-electron chi connectivity index (χ2n) is 4.21. The van der Waals surface area contributed by atoms with Gasteiger partial charge in [0.25, 0.3) is 5.91 Å². The van der Waals surface area contributed by atoms with Gasteiger partial charge in [-0.2, -0.15) is 0 Å². The summed E-state index contributed by atoms with van der Waals surface area (Å²) in [6.07, 6.45) is 0. The Kier molecular flexibility index (Phi) is 4.32. The Bertz CT molecular complexity index is 613. The predicted molar refractivity (Wildman–Crippen MR) is 76.4 cm³/mol. The third-order valence-corrected chi connectivity index (χ3v) is 3.51. The molecule has 0 atom stereocenters. The Labute approximate surface area is 119 Å². The Balaban J connectivity index is 2.10. The number of benzene rings is 2. The normalized spacial score (nSPS) is 10.3. The Morgan fingerprint density at radius 3 is 2.68 bits per heavy atom. The molecule has 2 aromatic carbocycles. The number of hydrogen-bond acceptors (Lipinski definition) is 1. The van der Waals surface area contributed by atoms with E-state index in [1.807, 2.05) is 31.2 Å². The van der Waals surface area contributed by atoms with Gasteiger partial charge < -0.3 is 5.32 Å². The molecule has 0 spiro atoms. The molecule has 98 valence electrons. The highest BCUT2D eigenvalue weighted by Crippen LogP contribution is 2.18. The van der Waals surface area contributed by atoms with Crippen molar-refractivity contribution in [1.82, 2.24) is 5.32 Å². The highest BCUT2D eigenvalue weighted by atomic mass is 79.9. The van der Waals surface area contributed by atoms with Crippen LogP contribution in [-0.4, -0.2) is 5.91 Å². The van der Waals surface area contributed by atoms with Gasteiger partial charge >= 0.3 is 0 Å². The first-order valence-electron chi connectivity index (χ1n) is 5.86. The maximum absolute atomic E-state index is 13.7. The molecule has 0 bridgehead atoms. The molecule has 0 aromatic heterocycles. The lowest BCUT2D eigenvalue weighted by atomic mass is 10.1. The van der Waals surface area contributed by atoms with E-state index in [1.54, 1.807) is 12.1 Å². The van der Waals surface area contributed by atoms with Crippen molar-refractivity contribution in [3.63, 3.8) is 0 Å². The van der Waals surface area contributed by atoms with Crippen LogP contribution in [0.5, 0.6) is 0 Å². The van der Waals surface area contributed by atoms with Crippen molar-refractivity contribution in [3.8, 4) is 0 Å². The fraction of sp³-hybridized carbons (Fsp3) is 0.133. The van der Waals surface area contributed by atoms with Crippen molar-refractivity contribution in [1.29, 1.82) is 0 Å². The Morgan fingerprint density at radius 2 is 1.95 bits per heavy atom. The van der Waals surface area contributed by atoms with E-state index in [-0.39, 0.29) is 10.0 Å². The molecule has 0 saturated carbocycles. The summed E-state index contributed by atoms with van der Waals surface area (Å²) in [5.74, 6) is -0.952. The lowest BCUT2D eigenvalue weighted by Gasteiger charge is -2.09. The van der Waals surface area contributed by atoms with Gasteiger partial charge in [-0.15, -0.1) is 0 Å². The fourth-order valence-electron chi connectivity index (χ4n) is 1.76. The molecule has 0 aliphatic carbocycles. The minimum Gasteiger partial charge on any atom is -0.348 e. The minimum atomic E-state index is -0.537. The fourth-order valence-corrected chi connectivity index (χ4v) is 2.12. The molecule has 0 radical (unpaired) electrons. The summed E-state index contributed by atoms with van der Waals surface area (Å²) in [4.78, 5) is 11.9. The molecule has 19 heavy (non-hydrogen) atoms. The molecule has 2 nitrogen and oxygen atoms in total. The highest BCUT2D eigenvalue weighted by Gasteiger charge is 2.13. The summed E-state index contributed by atoms with van der Waals surface area (Å²) < 4.78 is 14.0. The highest BCUT2D eigenvalue weighted by molar-refractivity contribution is 9.10. The molecule has 0 aliphatic rings. The maximum atomic E-state index is 13.7. The van der Waals surface area contributed by atoms with Crippen molar-refractivity contribution in [2.75, 3.05) is 0 Å². The summed E-state index contributed by atoms with van der Waals surface area (Å²) in [6, 6.07) is 12.4. The van der Waals surface area contributed by atoms with E-state index in [2.05, 4.69) is 21.2 Å². The number of hydrogen-bond donors (Lipinski definition) is 1. The van der Waals surface area contributed by atoms with E-state index in [4.69, 9.17) is 0 Å². The molecule has 0 aliphatic heterocycles. The first-order valence-corrected chi connectivity index (χ1v) is 6.65. The first-order chi connectivity index (χ1) is 9.09. The molecule has 4 heteroatoms. The molecule has 1 amide bonds. The van der Waals surface area contributed by atoms with Crippen LogP contribution in [0.3, 0.4) is 0 Å². The molecular formula is C15H13BrFNO. The van der Waals surface area contributed by atoms with Gasteiger partial charge in [0.2, 0.25) is 0 Å². The minimum absolute atomic E-state index is 0.0444. The standard InChI is InChI=1S/C15H13BrFNO/c1-10-5-2-3-6-11(10)9-18-15(19)12-7-4-8-13(16)14(12)17/h2-8H,9H2,1H3,(H,18,19). The zero-order valence-corrected chi connectivity index (χ0v) is 12.0. The third-order valence-electron chi connectivity index (χ3n) is 2.90. The van der Waals surface area contributed by atoms with Crippen molar-refractivity contribution in [2.24, 2.45) is 0 Å². The summed E-state index contributed by atoms with van der Waals surface area (Å²) in [7, 11) is 0. The van der Waals surface area contributed by atoms with Crippen LogP contribution in [0.2, 0.25) is 0 Å². The average Bonchev–Trinajstić information content (AvgIpc) is 2.40. The SMILES string of the molecule is Cc1ccccc1CNC(=O)c1cccc(Br)c1F. The molecule has 2 aromatic rings. The van der Waals surface area contributed by atoms with E-state index in [0.29, 0.717) is 6.54 Å². The van der Waals surface area contributed by atoms with Gasteiger partial charge in [0.05, 0.1) is 10.0 Å². The number of rotatable bonds is 3. The molecule has 2 rings (SSSR count). The second-order valence-corrected chi connectivity index (χ2v) is 5.06. The number of halogens is 2. The van der Waals surface area contributed by atoms with Gasteiger partial charge in [0.1, 0.15) is 5.82 Å². The number of amides is 1. The lowest BCUT2D eigenvalue weighted by Crippen LogP contribution is -2.24. The number of carbonyl (C=O) groups excluding carboxylic acids is 1. The van der Waals surface area contributed by atoms with Gasteiger partial charge in [0, 0.05) is 6.54 Å². The molecule has 1 N–H and O–H groups in total. The van der Waals surface area contributed by atoms with E-state index >= 15 is 0 Å². The number of aryl methyl sites for hydroxylation is 1. The monoisotopic (exact) mass is 321 g/mol. The van der Waals surface area contributed by atoms with Crippen molar-refractivity contribution in [2.45, 2.75) is 13.5 Å². The van der Waals surface area contributed by atoms with Crippen LogP contribution < -0.4 is 5.32 Å². The zero-order valence-electron chi connectivity index (χ0n) is 10.4.